The standard InChI is InChI=1S/C16H23N3O/c1-3-18-8-6-14(7-9-18)19-15-5-4-12(2)10-13(11-15)17-16(19)20/h4-5,10-11,13-14H,3,6-9H2,1-2H3,(H,17,20). The molecule has 3 aliphatic rings. The lowest BCUT2D eigenvalue weighted by atomic mass is 10.0. The van der Waals surface area contributed by atoms with Crippen molar-refractivity contribution in [3.05, 3.63) is 35.6 Å². The monoisotopic (exact) mass is 273 g/mol. The van der Waals surface area contributed by atoms with Crippen molar-refractivity contribution in [3.63, 3.8) is 0 Å². The first-order chi connectivity index (χ1) is 9.67. The van der Waals surface area contributed by atoms with Gasteiger partial charge in [0.1, 0.15) is 0 Å². The van der Waals surface area contributed by atoms with Crippen LogP contribution in [0.25, 0.3) is 0 Å². The molecule has 0 aromatic carbocycles. The quantitative estimate of drug-likeness (QED) is 0.837. The van der Waals surface area contributed by atoms with E-state index in [1.54, 1.807) is 0 Å². The summed E-state index contributed by atoms with van der Waals surface area (Å²) in [7, 11) is 0. The molecule has 2 aliphatic heterocycles. The van der Waals surface area contributed by atoms with Gasteiger partial charge in [-0.2, -0.15) is 0 Å². The number of likely N-dealkylation sites (tertiary alicyclic amines) is 1. The summed E-state index contributed by atoms with van der Waals surface area (Å²) in [5, 5.41) is 3.07. The van der Waals surface area contributed by atoms with Gasteiger partial charge in [-0.3, -0.25) is 4.90 Å². The summed E-state index contributed by atoms with van der Waals surface area (Å²) in [6.45, 7) is 7.55. The largest absolute Gasteiger partial charge is 0.328 e. The first-order valence-corrected chi connectivity index (χ1v) is 7.58. The lowest BCUT2D eigenvalue weighted by Gasteiger charge is -2.40. The van der Waals surface area contributed by atoms with Gasteiger partial charge >= 0.3 is 6.03 Å². The molecular formula is C16H23N3O. The molecule has 2 bridgehead atoms. The van der Waals surface area contributed by atoms with Gasteiger partial charge in [0, 0.05) is 24.8 Å². The van der Waals surface area contributed by atoms with Crippen LogP contribution >= 0.6 is 0 Å². The normalized spacial score (nSPS) is 27.8. The highest BCUT2D eigenvalue weighted by molar-refractivity contribution is 5.80. The summed E-state index contributed by atoms with van der Waals surface area (Å²) in [6, 6.07) is 0.422. The van der Waals surface area contributed by atoms with Gasteiger partial charge in [-0.25, -0.2) is 4.79 Å². The summed E-state index contributed by atoms with van der Waals surface area (Å²) in [6.07, 6.45) is 10.5. The second kappa shape index (κ2) is 5.44. The molecule has 0 saturated carbocycles. The predicted molar refractivity (Wildman–Crippen MR) is 80.3 cm³/mol. The molecule has 20 heavy (non-hydrogen) atoms. The zero-order valence-corrected chi connectivity index (χ0v) is 12.3. The third-order valence-corrected chi connectivity index (χ3v) is 4.47. The molecule has 1 fully saturated rings. The van der Waals surface area contributed by atoms with Gasteiger partial charge in [-0.05, 0) is 38.5 Å². The number of urea groups is 1. The van der Waals surface area contributed by atoms with Crippen LogP contribution in [-0.4, -0.2) is 47.5 Å². The van der Waals surface area contributed by atoms with E-state index < -0.39 is 0 Å². The van der Waals surface area contributed by atoms with Crippen LogP contribution < -0.4 is 5.32 Å². The van der Waals surface area contributed by atoms with Crippen molar-refractivity contribution < 1.29 is 4.79 Å². The maximum atomic E-state index is 12.4. The lowest BCUT2D eigenvalue weighted by Crippen LogP contribution is -2.54. The van der Waals surface area contributed by atoms with Gasteiger partial charge in [-0.1, -0.05) is 24.6 Å². The van der Waals surface area contributed by atoms with E-state index in [0.29, 0.717) is 6.04 Å². The Balaban J connectivity index is 1.78. The van der Waals surface area contributed by atoms with Crippen LogP contribution in [0.4, 0.5) is 4.79 Å². The van der Waals surface area contributed by atoms with Crippen molar-refractivity contribution in [2.24, 2.45) is 0 Å². The first kappa shape index (κ1) is 13.4. The number of fused-ring (bicyclic) bond motifs is 1. The number of rotatable bonds is 2. The number of amides is 2. The van der Waals surface area contributed by atoms with Crippen LogP contribution in [0.3, 0.4) is 0 Å². The van der Waals surface area contributed by atoms with E-state index in [0.717, 1.165) is 38.2 Å². The molecule has 4 heteroatoms. The van der Waals surface area contributed by atoms with Gasteiger partial charge in [0.15, 0.2) is 0 Å². The molecule has 2 heterocycles. The van der Waals surface area contributed by atoms with E-state index >= 15 is 0 Å². The number of carbonyl (C=O) groups excluding carboxylic acids is 1. The minimum atomic E-state index is 0.0412. The Hall–Kier alpha value is -1.55. The van der Waals surface area contributed by atoms with Crippen LogP contribution in [0.15, 0.2) is 35.6 Å². The molecule has 1 N–H and O–H groups in total. The molecule has 1 saturated heterocycles. The van der Waals surface area contributed by atoms with Crippen LogP contribution in [0.5, 0.6) is 0 Å². The fourth-order valence-electron chi connectivity index (χ4n) is 3.29. The summed E-state index contributed by atoms with van der Waals surface area (Å²) in [5.74, 6) is 0. The molecule has 1 aliphatic carbocycles. The molecule has 3 rings (SSSR count). The van der Waals surface area contributed by atoms with Crippen LogP contribution in [0, 0.1) is 0 Å². The molecule has 0 aromatic rings. The molecule has 4 nitrogen and oxygen atoms in total. The minimum Gasteiger partial charge on any atom is -0.328 e. The highest BCUT2D eigenvalue weighted by Crippen LogP contribution is 2.26. The zero-order valence-electron chi connectivity index (χ0n) is 12.3. The molecule has 108 valence electrons. The Morgan fingerprint density at radius 1 is 1.25 bits per heavy atom. The van der Waals surface area contributed by atoms with Gasteiger partial charge in [0.2, 0.25) is 0 Å². The molecule has 0 radical (unpaired) electrons. The van der Waals surface area contributed by atoms with Gasteiger partial charge in [0.25, 0.3) is 0 Å². The van der Waals surface area contributed by atoms with Gasteiger partial charge in [-0.15, -0.1) is 0 Å². The Labute approximate surface area is 120 Å². The van der Waals surface area contributed by atoms with E-state index in [9.17, 15) is 4.79 Å². The molecule has 1 atom stereocenters. The zero-order chi connectivity index (χ0) is 14.1. The second-order valence-corrected chi connectivity index (χ2v) is 5.85. The van der Waals surface area contributed by atoms with E-state index in [1.807, 2.05) is 4.90 Å². The van der Waals surface area contributed by atoms with Crippen molar-refractivity contribution in [2.75, 3.05) is 19.6 Å². The number of allylic oxidation sites excluding steroid dienone is 3. The maximum absolute atomic E-state index is 12.4. The summed E-state index contributed by atoms with van der Waals surface area (Å²) < 4.78 is 0. The van der Waals surface area contributed by atoms with E-state index in [1.165, 1.54) is 5.57 Å². The highest BCUT2D eigenvalue weighted by Gasteiger charge is 2.33. The molecular weight excluding hydrogens is 250 g/mol. The van der Waals surface area contributed by atoms with Crippen molar-refractivity contribution in [2.45, 2.75) is 38.8 Å². The number of hydrogen-bond donors (Lipinski definition) is 1. The predicted octanol–water partition coefficient (Wildman–Crippen LogP) is 2.26. The summed E-state index contributed by atoms with van der Waals surface area (Å²) >= 11 is 0. The third kappa shape index (κ3) is 2.52. The van der Waals surface area contributed by atoms with Crippen LogP contribution in [-0.2, 0) is 0 Å². The van der Waals surface area contributed by atoms with E-state index in [-0.39, 0.29) is 12.1 Å². The topological polar surface area (TPSA) is 35.6 Å². The highest BCUT2D eigenvalue weighted by atomic mass is 16.2. The third-order valence-electron chi connectivity index (χ3n) is 4.47. The summed E-state index contributed by atoms with van der Waals surface area (Å²) in [4.78, 5) is 16.8. The number of piperidine rings is 1. The number of nitrogens with one attached hydrogen (secondary N) is 1. The number of nitrogens with zero attached hydrogens (tertiary/aromatic N) is 2. The smallest absolute Gasteiger partial charge is 0.322 e. The van der Waals surface area contributed by atoms with Crippen LogP contribution in [0.1, 0.15) is 26.7 Å². The second-order valence-electron chi connectivity index (χ2n) is 5.85. The van der Waals surface area contributed by atoms with Crippen LogP contribution in [0.2, 0.25) is 0 Å². The molecule has 1 unspecified atom stereocenters. The SMILES string of the molecule is CCN1CCC(N2C(=O)NC3C=C(C)C=CC2=C3)CC1. The van der Waals surface area contributed by atoms with Crippen molar-refractivity contribution >= 4 is 6.03 Å². The Morgan fingerprint density at radius 2 is 2.00 bits per heavy atom. The fourth-order valence-corrected chi connectivity index (χ4v) is 3.29. The maximum Gasteiger partial charge on any atom is 0.322 e. The molecule has 0 spiro atoms. The average molecular weight is 273 g/mol. The molecule has 2 amide bonds. The number of hydrogen-bond acceptors (Lipinski definition) is 2. The Bertz CT molecular complexity index is 484. The van der Waals surface area contributed by atoms with Gasteiger partial charge in [0.05, 0.1) is 6.04 Å². The van der Waals surface area contributed by atoms with Crippen molar-refractivity contribution in [1.29, 1.82) is 0 Å². The number of carbonyl (C=O) groups is 1. The van der Waals surface area contributed by atoms with Crippen molar-refractivity contribution in [1.82, 2.24) is 15.1 Å². The Kier molecular flexibility index (Phi) is 3.66. The van der Waals surface area contributed by atoms with Crippen molar-refractivity contribution in [3.8, 4) is 0 Å². The van der Waals surface area contributed by atoms with E-state index in [2.05, 4.69) is 48.4 Å². The molecule has 0 aromatic heterocycles. The average Bonchev–Trinajstić information content (AvgIpc) is 2.59. The summed E-state index contributed by atoms with van der Waals surface area (Å²) in [5.41, 5.74) is 2.26. The lowest BCUT2D eigenvalue weighted by molar-refractivity contribution is 0.140. The van der Waals surface area contributed by atoms with E-state index in [4.69, 9.17) is 0 Å². The first-order valence-electron chi connectivity index (χ1n) is 7.58. The van der Waals surface area contributed by atoms with Gasteiger partial charge < -0.3 is 10.2 Å². The Morgan fingerprint density at radius 3 is 2.70 bits per heavy atom. The minimum absolute atomic E-state index is 0.0412. The fraction of sp³-hybridized carbons (Fsp3) is 0.562.